The molecule has 0 unspecified atom stereocenters. The molecule has 0 aromatic rings. The molecule has 0 rings (SSSR count). The summed E-state index contributed by atoms with van der Waals surface area (Å²) in [6.07, 6.45) is 0.650. The Morgan fingerprint density at radius 1 is 1.83 bits per heavy atom. The molecule has 0 aromatic heterocycles. The van der Waals surface area contributed by atoms with Crippen molar-refractivity contribution in [3.05, 3.63) is 0 Å². The van der Waals surface area contributed by atoms with E-state index in [4.69, 9.17) is 17.3 Å². The summed E-state index contributed by atoms with van der Waals surface area (Å²) in [6, 6.07) is 0. The summed E-state index contributed by atoms with van der Waals surface area (Å²) >= 11 is 9.72. The fourth-order valence-corrected chi connectivity index (χ4v) is 0.511. The van der Waals surface area contributed by atoms with Gasteiger partial charge in [-0.2, -0.15) is 0 Å². The molecule has 0 spiro atoms. The lowest BCUT2D eigenvalue weighted by atomic mass is 10.5. The van der Waals surface area contributed by atoms with Crippen LogP contribution in [0.1, 0.15) is 6.42 Å². The van der Waals surface area contributed by atoms with Gasteiger partial charge in [0.2, 0.25) is 0 Å². The number of hydrogen-bond acceptors (Lipinski definition) is 1. The van der Waals surface area contributed by atoms with E-state index in [-0.39, 0.29) is 0 Å². The van der Waals surface area contributed by atoms with Gasteiger partial charge in [-0.15, -0.1) is 11.6 Å². The Balaban J connectivity index is 2.83. The lowest BCUT2D eigenvalue weighted by Crippen LogP contribution is -2.07. The third-order valence-corrected chi connectivity index (χ3v) is 0.734. The molecule has 2 N–H and O–H groups in total. The molecule has 0 aliphatic carbocycles. The number of hydrogen-bond donors (Lipinski definition) is 1. The summed E-state index contributed by atoms with van der Waals surface area (Å²) in [5.41, 5.74) is 5.05. The number of rotatable bonds is 2. The van der Waals surface area contributed by atoms with Gasteiger partial charge in [-0.25, -0.2) is 0 Å². The van der Waals surface area contributed by atoms with Gasteiger partial charge in [0.05, 0.1) is 4.99 Å². The average molecular weight is 124 g/mol. The second kappa shape index (κ2) is 3.37. The summed E-state index contributed by atoms with van der Waals surface area (Å²) in [7, 11) is 0. The Morgan fingerprint density at radius 2 is 2.33 bits per heavy atom. The zero-order chi connectivity index (χ0) is 4.99. The van der Waals surface area contributed by atoms with Crippen LogP contribution in [0.5, 0.6) is 0 Å². The Labute approximate surface area is 47.5 Å². The number of thiocarbonyl (C=S) groups is 1. The van der Waals surface area contributed by atoms with Crippen LogP contribution in [-0.2, 0) is 0 Å². The highest BCUT2D eigenvalue weighted by molar-refractivity contribution is 7.80. The monoisotopic (exact) mass is 123 g/mol. The molecule has 0 aromatic carbocycles. The molecule has 0 amide bonds. The molecule has 0 saturated heterocycles. The van der Waals surface area contributed by atoms with Crippen LogP contribution in [0.15, 0.2) is 0 Å². The van der Waals surface area contributed by atoms with Crippen molar-refractivity contribution < 1.29 is 0 Å². The molecule has 0 fully saturated rings. The van der Waals surface area contributed by atoms with Gasteiger partial charge in [-0.3, -0.25) is 0 Å². The van der Waals surface area contributed by atoms with Gasteiger partial charge in [-0.05, 0) is 0 Å². The van der Waals surface area contributed by atoms with E-state index in [2.05, 4.69) is 12.2 Å². The maximum absolute atomic E-state index is 5.23. The van der Waals surface area contributed by atoms with Crippen LogP contribution in [0.2, 0.25) is 0 Å². The molecule has 0 bridgehead atoms. The van der Waals surface area contributed by atoms with Crippen molar-refractivity contribution in [2.75, 3.05) is 5.88 Å². The Kier molecular flexibility index (Phi) is 3.47. The molecule has 3 heteroatoms. The molecule has 0 heterocycles. The van der Waals surface area contributed by atoms with Gasteiger partial charge < -0.3 is 5.73 Å². The van der Waals surface area contributed by atoms with E-state index in [9.17, 15) is 0 Å². The molecular weight excluding hydrogens is 118 g/mol. The van der Waals surface area contributed by atoms with E-state index >= 15 is 0 Å². The van der Waals surface area contributed by atoms with Crippen LogP contribution in [0.25, 0.3) is 0 Å². The van der Waals surface area contributed by atoms with Crippen LogP contribution in [0.3, 0.4) is 0 Å². The largest absolute Gasteiger partial charge is 0.393 e. The molecule has 36 valence electrons. The average Bonchev–Trinajstić information content (AvgIpc) is 1.35. The molecule has 0 saturated carbocycles. The van der Waals surface area contributed by atoms with Crippen molar-refractivity contribution >= 4 is 28.8 Å². The summed E-state index contributed by atoms with van der Waals surface area (Å²) in [5, 5.41) is 0. The highest BCUT2D eigenvalue weighted by Gasteiger charge is 1.80. The quantitative estimate of drug-likeness (QED) is 0.436. The van der Waals surface area contributed by atoms with Crippen molar-refractivity contribution in [2.45, 2.75) is 6.42 Å². The first-order chi connectivity index (χ1) is 2.77. The molecule has 6 heavy (non-hydrogen) atoms. The molecule has 0 radical (unpaired) electrons. The van der Waals surface area contributed by atoms with Crippen molar-refractivity contribution in [1.29, 1.82) is 0 Å². The second-order valence-corrected chi connectivity index (χ2v) is 1.81. The van der Waals surface area contributed by atoms with E-state index in [1.165, 1.54) is 0 Å². The maximum Gasteiger partial charge on any atom is 0.0739 e. The Morgan fingerprint density at radius 3 is 2.33 bits per heavy atom. The predicted octanol–water partition coefficient (Wildman–Crippen LogP) is 0.901. The number of nitrogens with two attached hydrogens (primary N) is 1. The highest BCUT2D eigenvalue weighted by atomic mass is 35.5. The van der Waals surface area contributed by atoms with Gasteiger partial charge in [0, 0.05) is 12.3 Å². The van der Waals surface area contributed by atoms with Gasteiger partial charge in [-0.1, -0.05) is 12.2 Å². The molecule has 0 aliphatic heterocycles. The van der Waals surface area contributed by atoms with Crippen LogP contribution >= 0.6 is 23.8 Å². The van der Waals surface area contributed by atoms with E-state index < -0.39 is 0 Å². The van der Waals surface area contributed by atoms with Crippen molar-refractivity contribution in [2.24, 2.45) is 5.73 Å². The van der Waals surface area contributed by atoms with Crippen LogP contribution < -0.4 is 5.73 Å². The minimum atomic E-state index is 0.491. The minimum Gasteiger partial charge on any atom is -0.393 e. The Hall–Kier alpha value is 0.180. The first-order valence-electron chi connectivity index (χ1n) is 1.61. The smallest absolute Gasteiger partial charge is 0.0739 e. The molecule has 0 atom stereocenters. The first kappa shape index (κ1) is 6.18. The van der Waals surface area contributed by atoms with Gasteiger partial charge in [0.1, 0.15) is 0 Å². The zero-order valence-corrected chi connectivity index (χ0v) is 4.85. The molecule has 0 aliphatic rings. The fraction of sp³-hybridized carbons (Fsp3) is 0.667. The zero-order valence-electron chi connectivity index (χ0n) is 3.28. The molecule has 1 nitrogen and oxygen atoms in total. The van der Waals surface area contributed by atoms with Crippen LogP contribution in [0, 0.1) is 0 Å². The molecular formula is C3H6ClNS. The number of halogens is 1. The topological polar surface area (TPSA) is 26.0 Å². The van der Waals surface area contributed by atoms with Gasteiger partial charge >= 0.3 is 0 Å². The van der Waals surface area contributed by atoms with Gasteiger partial charge in [0.15, 0.2) is 0 Å². The van der Waals surface area contributed by atoms with Crippen molar-refractivity contribution in [3.63, 3.8) is 0 Å². The van der Waals surface area contributed by atoms with Crippen LogP contribution in [-0.4, -0.2) is 10.9 Å². The second-order valence-electron chi connectivity index (χ2n) is 0.905. The highest BCUT2D eigenvalue weighted by Crippen LogP contribution is 1.81. The summed E-state index contributed by atoms with van der Waals surface area (Å²) in [4.78, 5) is 0.491. The summed E-state index contributed by atoms with van der Waals surface area (Å²) in [5.74, 6) is 0.537. The summed E-state index contributed by atoms with van der Waals surface area (Å²) < 4.78 is 0. The van der Waals surface area contributed by atoms with Crippen molar-refractivity contribution in [3.8, 4) is 0 Å². The third-order valence-electron chi connectivity index (χ3n) is 0.341. The van der Waals surface area contributed by atoms with E-state index in [1.54, 1.807) is 0 Å². The van der Waals surface area contributed by atoms with E-state index in [0.29, 0.717) is 17.3 Å². The van der Waals surface area contributed by atoms with Crippen LogP contribution in [0.4, 0.5) is 0 Å². The summed E-state index contributed by atoms with van der Waals surface area (Å²) in [6.45, 7) is 0. The normalized spacial score (nSPS) is 8.17. The maximum atomic E-state index is 5.23. The lowest BCUT2D eigenvalue weighted by Gasteiger charge is -1.84. The minimum absolute atomic E-state index is 0.491. The first-order valence-corrected chi connectivity index (χ1v) is 2.56. The third kappa shape index (κ3) is 4.18. The standard InChI is InChI=1S/C3H6ClNS/c4-2-1-3(5)6/h1-2H2,(H2,5,6). The van der Waals surface area contributed by atoms with E-state index in [1.807, 2.05) is 0 Å². The SMILES string of the molecule is NC(=S)CCCl. The Bertz CT molecular complexity index is 54.8. The number of alkyl halides is 1. The van der Waals surface area contributed by atoms with E-state index in [0.717, 1.165) is 0 Å². The van der Waals surface area contributed by atoms with Gasteiger partial charge in [0.25, 0.3) is 0 Å². The predicted molar refractivity (Wildman–Crippen MR) is 32.1 cm³/mol. The lowest BCUT2D eigenvalue weighted by molar-refractivity contribution is 1.30. The van der Waals surface area contributed by atoms with Crippen molar-refractivity contribution in [1.82, 2.24) is 0 Å². The fourth-order valence-electron chi connectivity index (χ4n) is 0.0931.